The van der Waals surface area contributed by atoms with Crippen molar-refractivity contribution in [2.45, 2.75) is 12.2 Å². The van der Waals surface area contributed by atoms with Gasteiger partial charge in [-0.2, -0.15) is 0 Å². The molecule has 0 aromatic rings. The van der Waals surface area contributed by atoms with E-state index in [1.807, 2.05) is 0 Å². The van der Waals surface area contributed by atoms with Gasteiger partial charge in [0, 0.05) is 0 Å². The molecule has 4 heteroatoms. The van der Waals surface area contributed by atoms with Crippen LogP contribution in [0.2, 0.25) is 0 Å². The molecule has 0 N–H and O–H groups in total. The number of hydrogen-bond acceptors (Lipinski definition) is 4. The Hall–Kier alpha value is -0.160. The molecule has 2 aliphatic rings. The van der Waals surface area contributed by atoms with Crippen molar-refractivity contribution in [3.8, 4) is 0 Å². The highest BCUT2D eigenvalue weighted by molar-refractivity contribution is 4.74. The smallest absolute Gasteiger partial charge is 0.109 e. The second-order valence-corrected chi connectivity index (χ2v) is 2.97. The fourth-order valence-electron chi connectivity index (χ4n) is 1.44. The van der Waals surface area contributed by atoms with Gasteiger partial charge in [0.15, 0.2) is 0 Å². The fourth-order valence-corrected chi connectivity index (χ4v) is 1.44. The van der Waals surface area contributed by atoms with Crippen molar-refractivity contribution in [3.63, 3.8) is 0 Å². The van der Waals surface area contributed by atoms with Crippen molar-refractivity contribution >= 4 is 0 Å². The van der Waals surface area contributed by atoms with Crippen molar-refractivity contribution in [1.29, 1.82) is 0 Å². The van der Waals surface area contributed by atoms with Crippen molar-refractivity contribution < 1.29 is 18.9 Å². The van der Waals surface area contributed by atoms with Crippen LogP contribution in [0.25, 0.3) is 0 Å². The third-order valence-corrected chi connectivity index (χ3v) is 2.10. The standard InChI is InChI=1S/C8H14O4/c1-3-11-7(5-9-1)8-6-10-2-4-12-8/h7-8H,1-6H2/t7-,8?/m0/s1. The fraction of sp³-hybridized carbons (Fsp3) is 1.00. The van der Waals surface area contributed by atoms with Gasteiger partial charge in [-0.1, -0.05) is 0 Å². The molecule has 1 unspecified atom stereocenters. The molecule has 4 nitrogen and oxygen atoms in total. The largest absolute Gasteiger partial charge is 0.376 e. The number of hydrogen-bond donors (Lipinski definition) is 0. The summed E-state index contributed by atoms with van der Waals surface area (Å²) in [5.41, 5.74) is 0. The Balaban J connectivity index is 1.80. The molecule has 12 heavy (non-hydrogen) atoms. The van der Waals surface area contributed by atoms with Gasteiger partial charge in [0.1, 0.15) is 12.2 Å². The monoisotopic (exact) mass is 174 g/mol. The second-order valence-electron chi connectivity index (χ2n) is 2.97. The Bertz CT molecular complexity index is 111. The first-order chi connectivity index (χ1) is 5.97. The van der Waals surface area contributed by atoms with E-state index < -0.39 is 0 Å². The topological polar surface area (TPSA) is 36.9 Å². The lowest BCUT2D eigenvalue weighted by Crippen LogP contribution is -2.45. The average Bonchev–Trinajstić information content (AvgIpc) is 2.21. The van der Waals surface area contributed by atoms with Crippen molar-refractivity contribution in [1.82, 2.24) is 0 Å². The van der Waals surface area contributed by atoms with E-state index in [1.165, 1.54) is 0 Å². The van der Waals surface area contributed by atoms with Crippen LogP contribution >= 0.6 is 0 Å². The van der Waals surface area contributed by atoms with Crippen molar-refractivity contribution in [2.24, 2.45) is 0 Å². The summed E-state index contributed by atoms with van der Waals surface area (Å²) < 4.78 is 21.5. The molecule has 2 atom stereocenters. The molecule has 2 aliphatic heterocycles. The van der Waals surface area contributed by atoms with Gasteiger partial charge >= 0.3 is 0 Å². The van der Waals surface area contributed by atoms with Crippen LogP contribution in [0.1, 0.15) is 0 Å². The van der Waals surface area contributed by atoms with E-state index in [-0.39, 0.29) is 12.2 Å². The quantitative estimate of drug-likeness (QED) is 0.552. The molecule has 0 radical (unpaired) electrons. The summed E-state index contributed by atoms with van der Waals surface area (Å²) in [4.78, 5) is 0. The van der Waals surface area contributed by atoms with Gasteiger partial charge in [0.05, 0.1) is 39.6 Å². The summed E-state index contributed by atoms with van der Waals surface area (Å²) in [7, 11) is 0. The summed E-state index contributed by atoms with van der Waals surface area (Å²) in [5.74, 6) is 0. The molecule has 0 bridgehead atoms. The van der Waals surface area contributed by atoms with E-state index in [2.05, 4.69) is 0 Å². The molecule has 0 aromatic heterocycles. The molecular weight excluding hydrogens is 160 g/mol. The van der Waals surface area contributed by atoms with E-state index in [9.17, 15) is 0 Å². The summed E-state index contributed by atoms with van der Waals surface area (Å²) in [6.45, 7) is 4.01. The summed E-state index contributed by atoms with van der Waals surface area (Å²) >= 11 is 0. The molecule has 2 rings (SSSR count). The van der Waals surface area contributed by atoms with Gasteiger partial charge < -0.3 is 18.9 Å². The van der Waals surface area contributed by atoms with Crippen LogP contribution in [-0.2, 0) is 18.9 Å². The Morgan fingerprint density at radius 1 is 0.667 bits per heavy atom. The van der Waals surface area contributed by atoms with Gasteiger partial charge in [0.25, 0.3) is 0 Å². The predicted molar refractivity (Wildman–Crippen MR) is 41.1 cm³/mol. The summed E-state index contributed by atoms with van der Waals surface area (Å²) in [6, 6.07) is 0. The summed E-state index contributed by atoms with van der Waals surface area (Å²) in [6.07, 6.45) is 0.137. The van der Waals surface area contributed by atoms with E-state index in [0.717, 1.165) is 0 Å². The third kappa shape index (κ3) is 1.95. The number of rotatable bonds is 1. The maximum atomic E-state index is 5.49. The number of ether oxygens (including phenoxy) is 4. The molecule has 2 saturated heterocycles. The summed E-state index contributed by atoms with van der Waals surface area (Å²) in [5, 5.41) is 0. The lowest BCUT2D eigenvalue weighted by molar-refractivity contribution is -0.186. The minimum atomic E-state index is 0.0686. The van der Waals surface area contributed by atoms with E-state index in [4.69, 9.17) is 18.9 Å². The van der Waals surface area contributed by atoms with Crippen molar-refractivity contribution in [3.05, 3.63) is 0 Å². The molecule has 0 spiro atoms. The SMILES string of the molecule is C1COC([C@@H]2COCCO2)CO1. The lowest BCUT2D eigenvalue weighted by atomic mass is 10.2. The van der Waals surface area contributed by atoms with Gasteiger partial charge in [-0.15, -0.1) is 0 Å². The molecule has 0 amide bonds. The molecule has 2 fully saturated rings. The van der Waals surface area contributed by atoms with E-state index in [0.29, 0.717) is 39.6 Å². The van der Waals surface area contributed by atoms with Gasteiger partial charge in [-0.05, 0) is 0 Å². The Morgan fingerprint density at radius 2 is 1.17 bits per heavy atom. The first-order valence-electron chi connectivity index (χ1n) is 4.35. The molecule has 0 saturated carbocycles. The van der Waals surface area contributed by atoms with Crippen LogP contribution in [0.3, 0.4) is 0 Å². The van der Waals surface area contributed by atoms with Crippen LogP contribution in [-0.4, -0.2) is 51.8 Å². The average molecular weight is 174 g/mol. The lowest BCUT2D eigenvalue weighted by Gasteiger charge is -2.32. The van der Waals surface area contributed by atoms with Crippen LogP contribution in [0.15, 0.2) is 0 Å². The molecule has 2 heterocycles. The minimum absolute atomic E-state index is 0.0686. The highest BCUT2D eigenvalue weighted by Crippen LogP contribution is 2.12. The predicted octanol–water partition coefficient (Wildman–Crippen LogP) is -0.183. The third-order valence-electron chi connectivity index (χ3n) is 2.10. The highest BCUT2D eigenvalue weighted by atomic mass is 16.6. The zero-order chi connectivity index (χ0) is 8.23. The zero-order valence-electron chi connectivity index (χ0n) is 7.03. The normalized spacial score (nSPS) is 38.0. The molecular formula is C8H14O4. The van der Waals surface area contributed by atoms with Gasteiger partial charge in [0.2, 0.25) is 0 Å². The maximum absolute atomic E-state index is 5.49. The van der Waals surface area contributed by atoms with Crippen LogP contribution in [0, 0.1) is 0 Å². The van der Waals surface area contributed by atoms with E-state index in [1.54, 1.807) is 0 Å². The first kappa shape index (κ1) is 8.44. The molecule has 0 aliphatic carbocycles. The minimum Gasteiger partial charge on any atom is -0.376 e. The van der Waals surface area contributed by atoms with Crippen LogP contribution in [0.4, 0.5) is 0 Å². The molecule has 70 valence electrons. The first-order valence-corrected chi connectivity index (χ1v) is 4.35. The van der Waals surface area contributed by atoms with Crippen molar-refractivity contribution in [2.75, 3.05) is 39.6 Å². The van der Waals surface area contributed by atoms with Gasteiger partial charge in [-0.25, -0.2) is 0 Å². The highest BCUT2D eigenvalue weighted by Gasteiger charge is 2.27. The van der Waals surface area contributed by atoms with Crippen LogP contribution < -0.4 is 0 Å². The molecule has 0 aromatic carbocycles. The Morgan fingerprint density at radius 3 is 1.50 bits per heavy atom. The Labute approximate surface area is 71.7 Å². The maximum Gasteiger partial charge on any atom is 0.109 e. The second kappa shape index (κ2) is 4.18. The zero-order valence-corrected chi connectivity index (χ0v) is 7.03. The van der Waals surface area contributed by atoms with Gasteiger partial charge in [-0.3, -0.25) is 0 Å². The van der Waals surface area contributed by atoms with Crippen LogP contribution in [0.5, 0.6) is 0 Å². The van der Waals surface area contributed by atoms with E-state index >= 15 is 0 Å². The Kier molecular flexibility index (Phi) is 2.94.